The molecule has 0 bridgehead atoms. The predicted octanol–water partition coefficient (Wildman–Crippen LogP) is 3.41. The number of ketones is 1. The van der Waals surface area contributed by atoms with Gasteiger partial charge in [0.1, 0.15) is 11.6 Å². The third-order valence-electron chi connectivity index (χ3n) is 3.73. The third kappa shape index (κ3) is 2.35. The molecule has 20 heavy (non-hydrogen) atoms. The summed E-state index contributed by atoms with van der Waals surface area (Å²) in [5.74, 6) is 0.218. The van der Waals surface area contributed by atoms with Crippen molar-refractivity contribution in [3.05, 3.63) is 35.5 Å². The van der Waals surface area contributed by atoms with Crippen molar-refractivity contribution in [3.8, 4) is 11.4 Å². The second kappa shape index (κ2) is 5.15. The first kappa shape index (κ1) is 13.0. The van der Waals surface area contributed by atoms with Crippen LogP contribution in [0.15, 0.2) is 22.7 Å². The van der Waals surface area contributed by atoms with E-state index in [-0.39, 0.29) is 17.5 Å². The minimum atomic E-state index is -0.342. The highest BCUT2D eigenvalue weighted by Gasteiger charge is 2.29. The Bertz CT molecular complexity index is 651. The van der Waals surface area contributed by atoms with Crippen LogP contribution >= 0.6 is 0 Å². The molecule has 1 atom stereocenters. The summed E-state index contributed by atoms with van der Waals surface area (Å²) in [6, 6.07) is 4.45. The SMILES string of the molecule is Cc1ccc(F)cc1-c1noc(C2CCCCC2=O)n1. The van der Waals surface area contributed by atoms with E-state index in [1.165, 1.54) is 12.1 Å². The number of rotatable bonds is 2. The van der Waals surface area contributed by atoms with E-state index in [2.05, 4.69) is 10.1 Å². The molecular formula is C15H15FN2O2. The van der Waals surface area contributed by atoms with Gasteiger partial charge in [0.15, 0.2) is 0 Å². The highest BCUT2D eigenvalue weighted by Crippen LogP contribution is 2.30. The molecule has 1 unspecified atom stereocenters. The Morgan fingerprint density at radius 1 is 1.35 bits per heavy atom. The van der Waals surface area contributed by atoms with Crippen LogP contribution in [0, 0.1) is 12.7 Å². The van der Waals surface area contributed by atoms with Crippen LogP contribution in [0.2, 0.25) is 0 Å². The van der Waals surface area contributed by atoms with Gasteiger partial charge < -0.3 is 4.52 Å². The first-order valence-electron chi connectivity index (χ1n) is 6.78. The van der Waals surface area contributed by atoms with E-state index < -0.39 is 0 Å². The van der Waals surface area contributed by atoms with Crippen LogP contribution in [0.25, 0.3) is 11.4 Å². The zero-order valence-corrected chi connectivity index (χ0v) is 11.2. The molecule has 3 rings (SSSR count). The molecule has 5 heteroatoms. The Morgan fingerprint density at radius 2 is 2.20 bits per heavy atom. The largest absolute Gasteiger partial charge is 0.338 e. The average Bonchev–Trinajstić information content (AvgIpc) is 2.91. The number of carbonyl (C=O) groups excluding carboxylic acids is 1. The molecule has 0 saturated heterocycles. The molecule has 0 spiro atoms. The lowest BCUT2D eigenvalue weighted by Crippen LogP contribution is -2.17. The third-order valence-corrected chi connectivity index (χ3v) is 3.73. The van der Waals surface area contributed by atoms with Crippen LogP contribution < -0.4 is 0 Å². The van der Waals surface area contributed by atoms with Crippen molar-refractivity contribution in [1.82, 2.24) is 10.1 Å². The molecule has 1 saturated carbocycles. The molecule has 0 N–H and O–H groups in total. The maximum Gasteiger partial charge on any atom is 0.237 e. The van der Waals surface area contributed by atoms with Gasteiger partial charge in [0.25, 0.3) is 0 Å². The number of carbonyl (C=O) groups is 1. The van der Waals surface area contributed by atoms with E-state index in [1.807, 2.05) is 6.92 Å². The van der Waals surface area contributed by atoms with Crippen molar-refractivity contribution in [2.75, 3.05) is 0 Å². The van der Waals surface area contributed by atoms with Crippen molar-refractivity contribution in [2.24, 2.45) is 0 Å². The van der Waals surface area contributed by atoms with Gasteiger partial charge in [-0.3, -0.25) is 4.79 Å². The van der Waals surface area contributed by atoms with Crippen LogP contribution in [-0.2, 0) is 4.79 Å². The Hall–Kier alpha value is -2.04. The lowest BCUT2D eigenvalue weighted by Gasteiger charge is -2.16. The number of hydrogen-bond donors (Lipinski definition) is 0. The van der Waals surface area contributed by atoms with Gasteiger partial charge in [-0.05, 0) is 37.5 Å². The van der Waals surface area contributed by atoms with E-state index >= 15 is 0 Å². The number of aromatic nitrogens is 2. The summed E-state index contributed by atoms with van der Waals surface area (Å²) < 4.78 is 18.5. The van der Waals surface area contributed by atoms with Gasteiger partial charge in [-0.25, -0.2) is 4.39 Å². The lowest BCUT2D eigenvalue weighted by molar-refractivity contribution is -0.122. The first-order valence-corrected chi connectivity index (χ1v) is 6.78. The predicted molar refractivity (Wildman–Crippen MR) is 70.6 cm³/mol. The highest BCUT2D eigenvalue weighted by molar-refractivity contribution is 5.85. The van der Waals surface area contributed by atoms with Gasteiger partial charge in [0.05, 0.1) is 5.92 Å². The monoisotopic (exact) mass is 274 g/mol. The number of halogens is 1. The minimum absolute atomic E-state index is 0.155. The van der Waals surface area contributed by atoms with Crippen LogP contribution in [0.5, 0.6) is 0 Å². The minimum Gasteiger partial charge on any atom is -0.338 e. The molecule has 0 radical (unpaired) electrons. The maximum absolute atomic E-state index is 13.3. The second-order valence-corrected chi connectivity index (χ2v) is 5.18. The fourth-order valence-electron chi connectivity index (χ4n) is 2.57. The normalized spacial score (nSPS) is 19.3. The van der Waals surface area contributed by atoms with Crippen molar-refractivity contribution < 1.29 is 13.7 Å². The summed E-state index contributed by atoms with van der Waals surface area (Å²) in [5.41, 5.74) is 1.47. The van der Waals surface area contributed by atoms with Crippen molar-refractivity contribution in [3.63, 3.8) is 0 Å². The van der Waals surface area contributed by atoms with E-state index in [4.69, 9.17) is 4.52 Å². The standard InChI is InChI=1S/C15H15FN2O2/c1-9-6-7-10(16)8-12(9)14-17-15(20-18-14)11-4-2-3-5-13(11)19/h6-8,11H,2-5H2,1H3. The molecule has 0 amide bonds. The zero-order valence-electron chi connectivity index (χ0n) is 11.2. The van der Waals surface area contributed by atoms with Gasteiger partial charge in [-0.15, -0.1) is 0 Å². The van der Waals surface area contributed by atoms with E-state index in [0.717, 1.165) is 24.8 Å². The number of nitrogens with zero attached hydrogens (tertiary/aromatic N) is 2. The van der Waals surface area contributed by atoms with Gasteiger partial charge in [0.2, 0.25) is 11.7 Å². The Labute approximate surface area is 116 Å². The molecule has 2 aromatic rings. The van der Waals surface area contributed by atoms with Gasteiger partial charge in [-0.1, -0.05) is 17.6 Å². The maximum atomic E-state index is 13.3. The van der Waals surface area contributed by atoms with Crippen LogP contribution in [0.1, 0.15) is 43.1 Å². The van der Waals surface area contributed by atoms with E-state index in [0.29, 0.717) is 23.7 Å². The summed E-state index contributed by atoms with van der Waals surface area (Å²) in [6.45, 7) is 1.86. The molecule has 1 aromatic heterocycles. The molecule has 1 aliphatic rings. The lowest BCUT2D eigenvalue weighted by atomic mass is 9.88. The molecule has 104 valence electrons. The van der Waals surface area contributed by atoms with Crippen LogP contribution in [-0.4, -0.2) is 15.9 Å². The molecule has 1 aromatic carbocycles. The summed E-state index contributed by atoms with van der Waals surface area (Å²) in [5, 5.41) is 3.89. The fourth-order valence-corrected chi connectivity index (χ4v) is 2.57. The molecule has 1 heterocycles. The van der Waals surface area contributed by atoms with Crippen LogP contribution in [0.3, 0.4) is 0 Å². The number of hydrogen-bond acceptors (Lipinski definition) is 4. The first-order chi connectivity index (χ1) is 9.65. The van der Waals surface area contributed by atoms with Crippen LogP contribution in [0.4, 0.5) is 4.39 Å². The topological polar surface area (TPSA) is 56.0 Å². The Morgan fingerprint density at radius 3 is 3.00 bits per heavy atom. The Balaban J connectivity index is 1.93. The number of aryl methyl sites for hydroxylation is 1. The zero-order chi connectivity index (χ0) is 14.1. The fraction of sp³-hybridized carbons (Fsp3) is 0.400. The number of benzene rings is 1. The van der Waals surface area contributed by atoms with Crippen molar-refractivity contribution in [1.29, 1.82) is 0 Å². The summed E-state index contributed by atoms with van der Waals surface area (Å²) in [6.07, 6.45) is 3.25. The molecule has 1 aliphatic carbocycles. The van der Waals surface area contributed by atoms with E-state index in [9.17, 15) is 9.18 Å². The summed E-state index contributed by atoms with van der Waals surface area (Å²) in [7, 11) is 0. The number of Topliss-reactive ketones (excluding diaryl/α,β-unsaturated/α-hetero) is 1. The molecular weight excluding hydrogens is 259 g/mol. The Kier molecular flexibility index (Phi) is 3.34. The van der Waals surface area contributed by atoms with Gasteiger partial charge >= 0.3 is 0 Å². The quantitative estimate of drug-likeness (QED) is 0.842. The molecule has 4 nitrogen and oxygen atoms in total. The highest BCUT2D eigenvalue weighted by atomic mass is 19.1. The van der Waals surface area contributed by atoms with Crippen molar-refractivity contribution >= 4 is 5.78 Å². The summed E-state index contributed by atoms with van der Waals surface area (Å²) in [4.78, 5) is 16.2. The smallest absolute Gasteiger partial charge is 0.237 e. The molecule has 1 fully saturated rings. The van der Waals surface area contributed by atoms with E-state index in [1.54, 1.807) is 6.07 Å². The molecule has 0 aliphatic heterocycles. The van der Waals surface area contributed by atoms with Gasteiger partial charge in [0, 0.05) is 12.0 Å². The average molecular weight is 274 g/mol. The van der Waals surface area contributed by atoms with Crippen molar-refractivity contribution in [2.45, 2.75) is 38.5 Å². The summed E-state index contributed by atoms with van der Waals surface area (Å²) >= 11 is 0. The second-order valence-electron chi connectivity index (χ2n) is 5.18. The van der Waals surface area contributed by atoms with Gasteiger partial charge in [-0.2, -0.15) is 4.98 Å².